The molecule has 1 aliphatic rings. The van der Waals surface area contributed by atoms with Gasteiger partial charge in [0, 0.05) is 44.0 Å². The molecule has 0 radical (unpaired) electrons. The second kappa shape index (κ2) is 8.60. The summed E-state index contributed by atoms with van der Waals surface area (Å²) >= 11 is 0. The van der Waals surface area contributed by atoms with Crippen LogP contribution in [0.5, 0.6) is 0 Å². The first-order valence-electron chi connectivity index (χ1n) is 10.7. The number of nitrogens with zero attached hydrogens (tertiary/aromatic N) is 6. The lowest BCUT2D eigenvalue weighted by molar-refractivity contribution is 0.705. The molecule has 0 amide bonds. The van der Waals surface area contributed by atoms with Crippen molar-refractivity contribution in [2.45, 2.75) is 26.3 Å². The van der Waals surface area contributed by atoms with E-state index < -0.39 is 0 Å². The third kappa shape index (κ3) is 3.95. The highest BCUT2D eigenvalue weighted by Crippen LogP contribution is 2.29. The molecule has 0 atom stereocenters. The van der Waals surface area contributed by atoms with Crippen molar-refractivity contribution in [3.8, 4) is 6.07 Å². The van der Waals surface area contributed by atoms with Crippen molar-refractivity contribution in [1.82, 2.24) is 19.9 Å². The molecule has 158 valence electrons. The topological polar surface area (TPSA) is 90.6 Å². The molecule has 7 heteroatoms. The van der Waals surface area contributed by atoms with Crippen molar-refractivity contribution >= 4 is 22.5 Å². The average Bonchev–Trinajstić information content (AvgIpc) is 2.83. The third-order valence-electron chi connectivity index (χ3n) is 5.86. The highest BCUT2D eigenvalue weighted by Gasteiger charge is 2.23. The van der Waals surface area contributed by atoms with Gasteiger partial charge in [0.15, 0.2) is 0 Å². The maximum Gasteiger partial charge on any atom is 0.134 e. The molecule has 32 heavy (non-hydrogen) atoms. The Morgan fingerprint density at radius 2 is 1.91 bits per heavy atom. The van der Waals surface area contributed by atoms with Crippen molar-refractivity contribution in [2.24, 2.45) is 0 Å². The zero-order valence-electron chi connectivity index (χ0n) is 17.9. The minimum atomic E-state index is 0.682. The molecule has 3 heterocycles. The smallest absolute Gasteiger partial charge is 0.134 e. The quantitative estimate of drug-likeness (QED) is 0.524. The second-order valence-electron chi connectivity index (χ2n) is 8.01. The van der Waals surface area contributed by atoms with Crippen LogP contribution in [0.15, 0.2) is 55.1 Å². The molecular weight excluding hydrogens is 398 g/mol. The highest BCUT2D eigenvalue weighted by atomic mass is 15.2. The van der Waals surface area contributed by atoms with Crippen LogP contribution in [0.2, 0.25) is 0 Å². The van der Waals surface area contributed by atoms with Crippen LogP contribution in [-0.4, -0.2) is 33.0 Å². The lowest BCUT2D eigenvalue weighted by Crippen LogP contribution is -2.32. The summed E-state index contributed by atoms with van der Waals surface area (Å²) in [7, 11) is 0. The Kier molecular flexibility index (Phi) is 5.34. The first kappa shape index (κ1) is 19.9. The van der Waals surface area contributed by atoms with E-state index in [1.165, 1.54) is 5.56 Å². The fourth-order valence-electron chi connectivity index (χ4n) is 4.20. The van der Waals surface area contributed by atoms with Crippen LogP contribution in [0.3, 0.4) is 0 Å². The molecule has 0 fully saturated rings. The molecule has 5 rings (SSSR count). The Morgan fingerprint density at radius 1 is 1.03 bits per heavy atom. The standard InChI is InChI=1S/C25H23N7/c1-17-2-5-24(19(12-17)14-26)32-11-7-21-20(15-32)25(31-16-30-21)29-8-6-18-3-4-22-23(13-18)28-10-9-27-22/h2-5,9-10,12-13,16H,6-8,11,15H2,1H3,(H,29,30,31). The summed E-state index contributed by atoms with van der Waals surface area (Å²) in [6.45, 7) is 4.28. The van der Waals surface area contributed by atoms with Crippen LogP contribution >= 0.6 is 0 Å². The summed E-state index contributed by atoms with van der Waals surface area (Å²) in [6, 6.07) is 14.6. The Bertz CT molecular complexity index is 1330. The molecule has 0 saturated heterocycles. The Hall–Kier alpha value is -4.05. The molecule has 7 nitrogen and oxygen atoms in total. The van der Waals surface area contributed by atoms with Crippen molar-refractivity contribution < 1.29 is 0 Å². The lowest BCUT2D eigenvalue weighted by atomic mass is 10.0. The van der Waals surface area contributed by atoms with Gasteiger partial charge >= 0.3 is 0 Å². The van der Waals surface area contributed by atoms with Crippen molar-refractivity contribution in [2.75, 3.05) is 23.3 Å². The fraction of sp³-hybridized carbons (Fsp3) is 0.240. The van der Waals surface area contributed by atoms with Crippen molar-refractivity contribution in [3.63, 3.8) is 0 Å². The third-order valence-corrected chi connectivity index (χ3v) is 5.86. The fourth-order valence-corrected chi connectivity index (χ4v) is 4.20. The van der Waals surface area contributed by atoms with E-state index in [1.807, 2.05) is 25.1 Å². The molecule has 0 spiro atoms. The van der Waals surface area contributed by atoms with Gasteiger partial charge in [-0.3, -0.25) is 9.97 Å². The van der Waals surface area contributed by atoms with E-state index in [9.17, 15) is 5.26 Å². The van der Waals surface area contributed by atoms with Crippen molar-refractivity contribution in [3.05, 3.63) is 83.1 Å². The molecule has 2 aromatic heterocycles. The number of anilines is 2. The maximum atomic E-state index is 9.59. The van der Waals surface area contributed by atoms with E-state index in [4.69, 9.17) is 0 Å². The summed E-state index contributed by atoms with van der Waals surface area (Å²) in [5, 5.41) is 13.1. The van der Waals surface area contributed by atoms with Crippen LogP contribution in [-0.2, 0) is 19.4 Å². The average molecular weight is 422 g/mol. The number of nitriles is 1. The van der Waals surface area contributed by atoms with E-state index in [1.54, 1.807) is 18.7 Å². The number of benzene rings is 2. The van der Waals surface area contributed by atoms with Crippen LogP contribution in [0.1, 0.15) is 27.9 Å². The van der Waals surface area contributed by atoms with Crippen LogP contribution in [0.25, 0.3) is 11.0 Å². The van der Waals surface area contributed by atoms with E-state index in [2.05, 4.69) is 54.4 Å². The van der Waals surface area contributed by atoms with Gasteiger partial charge in [-0.1, -0.05) is 12.1 Å². The van der Waals surface area contributed by atoms with Crippen LogP contribution in [0, 0.1) is 18.3 Å². The Balaban J connectivity index is 1.32. The molecule has 4 aromatic rings. The zero-order valence-corrected chi connectivity index (χ0v) is 17.9. The predicted octanol–water partition coefficient (Wildman–Crippen LogP) is 3.82. The number of hydrogen-bond donors (Lipinski definition) is 1. The minimum absolute atomic E-state index is 0.682. The van der Waals surface area contributed by atoms with Gasteiger partial charge < -0.3 is 10.2 Å². The monoisotopic (exact) mass is 421 g/mol. The summed E-state index contributed by atoms with van der Waals surface area (Å²) in [4.78, 5) is 20.0. The van der Waals surface area contributed by atoms with Gasteiger partial charge in [-0.05, 0) is 48.7 Å². The molecule has 0 saturated carbocycles. The Labute approximate surface area is 186 Å². The van der Waals surface area contributed by atoms with Gasteiger partial charge in [-0.2, -0.15) is 5.26 Å². The van der Waals surface area contributed by atoms with E-state index >= 15 is 0 Å². The van der Waals surface area contributed by atoms with Gasteiger partial charge in [0.25, 0.3) is 0 Å². The van der Waals surface area contributed by atoms with Gasteiger partial charge in [-0.25, -0.2) is 9.97 Å². The summed E-state index contributed by atoms with van der Waals surface area (Å²) in [5.74, 6) is 0.867. The number of rotatable bonds is 5. The number of fused-ring (bicyclic) bond motifs is 2. The second-order valence-corrected chi connectivity index (χ2v) is 8.01. The van der Waals surface area contributed by atoms with E-state index in [0.717, 1.165) is 65.3 Å². The van der Waals surface area contributed by atoms with E-state index in [0.29, 0.717) is 12.1 Å². The number of aromatic nitrogens is 4. The maximum absolute atomic E-state index is 9.59. The first-order chi connectivity index (χ1) is 15.7. The normalized spacial score (nSPS) is 12.9. The summed E-state index contributed by atoms with van der Waals surface area (Å²) < 4.78 is 0. The van der Waals surface area contributed by atoms with Gasteiger partial charge in [0.2, 0.25) is 0 Å². The Morgan fingerprint density at radius 3 is 2.78 bits per heavy atom. The lowest BCUT2D eigenvalue weighted by Gasteiger charge is -2.31. The number of hydrogen-bond acceptors (Lipinski definition) is 7. The van der Waals surface area contributed by atoms with Crippen molar-refractivity contribution in [1.29, 1.82) is 5.26 Å². The van der Waals surface area contributed by atoms with Gasteiger partial charge in [0.05, 0.1) is 28.0 Å². The molecule has 0 bridgehead atoms. The highest BCUT2D eigenvalue weighted by molar-refractivity contribution is 5.74. The minimum Gasteiger partial charge on any atom is -0.369 e. The molecular formula is C25H23N7. The number of aryl methyl sites for hydroxylation is 1. The van der Waals surface area contributed by atoms with E-state index in [-0.39, 0.29) is 0 Å². The molecule has 1 aliphatic heterocycles. The van der Waals surface area contributed by atoms with Gasteiger partial charge in [0.1, 0.15) is 18.2 Å². The number of nitrogens with one attached hydrogen (secondary N) is 1. The van der Waals surface area contributed by atoms with Crippen LogP contribution in [0.4, 0.5) is 11.5 Å². The van der Waals surface area contributed by atoms with Gasteiger partial charge in [-0.15, -0.1) is 0 Å². The van der Waals surface area contributed by atoms with Crippen LogP contribution < -0.4 is 10.2 Å². The zero-order chi connectivity index (χ0) is 21.9. The summed E-state index contributed by atoms with van der Waals surface area (Å²) in [5.41, 5.74) is 7.96. The predicted molar refractivity (Wildman–Crippen MR) is 124 cm³/mol. The molecule has 0 aliphatic carbocycles. The first-order valence-corrected chi connectivity index (χ1v) is 10.7. The molecule has 0 unspecified atom stereocenters. The summed E-state index contributed by atoms with van der Waals surface area (Å²) in [6.07, 6.45) is 6.74. The largest absolute Gasteiger partial charge is 0.369 e. The molecule has 1 N–H and O–H groups in total. The molecule has 2 aromatic carbocycles. The SMILES string of the molecule is Cc1ccc(N2CCc3ncnc(NCCc4ccc5nccnc5c4)c3C2)c(C#N)c1.